The third-order valence-corrected chi connectivity index (χ3v) is 3.95. The Morgan fingerprint density at radius 1 is 1.19 bits per heavy atom. The third kappa shape index (κ3) is 4.20. The molecule has 0 aliphatic heterocycles. The van der Waals surface area contributed by atoms with E-state index in [-0.39, 0.29) is 47.6 Å². The fourth-order valence-electron chi connectivity index (χ4n) is 2.34. The van der Waals surface area contributed by atoms with E-state index >= 15 is 0 Å². The molecule has 1 aromatic heterocycles. The first-order chi connectivity index (χ1) is 9.77. The zero-order valence-corrected chi connectivity index (χ0v) is 12.3. The average molecular weight is 342 g/mol. The van der Waals surface area contributed by atoms with E-state index in [9.17, 15) is 18.0 Å². The van der Waals surface area contributed by atoms with Crippen molar-refractivity contribution in [3.05, 3.63) is 21.9 Å². The number of hydrogen-bond donors (Lipinski definition) is 1. The lowest BCUT2D eigenvalue weighted by molar-refractivity contribution is -0.182. The summed E-state index contributed by atoms with van der Waals surface area (Å²) in [7, 11) is 0. The van der Waals surface area contributed by atoms with E-state index in [4.69, 9.17) is 23.2 Å². The van der Waals surface area contributed by atoms with Gasteiger partial charge >= 0.3 is 6.18 Å². The van der Waals surface area contributed by atoms with Gasteiger partial charge in [-0.2, -0.15) is 13.2 Å². The fraction of sp³-hybridized carbons (Fsp3) is 0.583. The van der Waals surface area contributed by atoms with Gasteiger partial charge in [-0.1, -0.05) is 23.2 Å². The molecule has 1 heterocycles. The van der Waals surface area contributed by atoms with Gasteiger partial charge in [0.05, 0.1) is 11.5 Å². The van der Waals surface area contributed by atoms with Crippen molar-refractivity contribution >= 4 is 29.1 Å². The zero-order valence-electron chi connectivity index (χ0n) is 10.8. The molecule has 2 rings (SSSR count). The number of nitrogens with one attached hydrogen (secondary N) is 1. The third-order valence-electron chi connectivity index (χ3n) is 3.49. The largest absolute Gasteiger partial charge is 0.391 e. The molecular weight excluding hydrogens is 330 g/mol. The summed E-state index contributed by atoms with van der Waals surface area (Å²) in [5.41, 5.74) is 0.0645. The van der Waals surface area contributed by atoms with Crippen LogP contribution in [0, 0.1) is 5.92 Å². The SMILES string of the molecule is O=C(NC1CCC(C(F)(F)F)CC1)c1cc(Cl)nnc1Cl. The van der Waals surface area contributed by atoms with Crippen LogP contribution in [0.1, 0.15) is 36.0 Å². The number of amides is 1. The number of carbonyl (C=O) groups is 1. The molecule has 1 amide bonds. The molecule has 9 heteroatoms. The van der Waals surface area contributed by atoms with Gasteiger partial charge in [0.1, 0.15) is 0 Å². The van der Waals surface area contributed by atoms with E-state index in [1.807, 2.05) is 0 Å². The maximum absolute atomic E-state index is 12.6. The van der Waals surface area contributed by atoms with Crippen LogP contribution in [-0.2, 0) is 0 Å². The van der Waals surface area contributed by atoms with Crippen molar-refractivity contribution in [1.82, 2.24) is 15.5 Å². The molecule has 0 unspecified atom stereocenters. The first-order valence-corrected chi connectivity index (χ1v) is 7.09. The van der Waals surface area contributed by atoms with Crippen LogP contribution in [0.5, 0.6) is 0 Å². The Morgan fingerprint density at radius 2 is 1.81 bits per heavy atom. The maximum Gasteiger partial charge on any atom is 0.391 e. The number of rotatable bonds is 2. The van der Waals surface area contributed by atoms with Crippen LogP contribution in [0.25, 0.3) is 0 Å². The molecule has 1 N–H and O–H groups in total. The molecule has 1 aromatic rings. The highest BCUT2D eigenvalue weighted by atomic mass is 35.5. The van der Waals surface area contributed by atoms with Crippen LogP contribution in [0.15, 0.2) is 6.07 Å². The van der Waals surface area contributed by atoms with Gasteiger partial charge in [-0.15, -0.1) is 10.2 Å². The molecule has 116 valence electrons. The van der Waals surface area contributed by atoms with Crippen molar-refractivity contribution < 1.29 is 18.0 Å². The molecule has 0 spiro atoms. The van der Waals surface area contributed by atoms with E-state index in [2.05, 4.69) is 15.5 Å². The molecule has 0 aromatic carbocycles. The number of halogens is 5. The Labute approximate surface area is 129 Å². The summed E-state index contributed by atoms with van der Waals surface area (Å²) in [5.74, 6) is -1.79. The summed E-state index contributed by atoms with van der Waals surface area (Å²) < 4.78 is 37.7. The van der Waals surface area contributed by atoms with Gasteiger partial charge in [-0.05, 0) is 31.7 Å². The molecule has 0 bridgehead atoms. The first kappa shape index (κ1) is 16.3. The highest BCUT2D eigenvalue weighted by molar-refractivity contribution is 6.34. The summed E-state index contributed by atoms with van der Waals surface area (Å²) in [6, 6.07) is 0.965. The topological polar surface area (TPSA) is 54.9 Å². The van der Waals surface area contributed by atoms with Gasteiger partial charge in [-0.25, -0.2) is 0 Å². The molecule has 21 heavy (non-hydrogen) atoms. The minimum Gasteiger partial charge on any atom is -0.349 e. The number of alkyl halides is 3. The van der Waals surface area contributed by atoms with E-state index in [1.165, 1.54) is 6.07 Å². The normalized spacial score (nSPS) is 22.9. The van der Waals surface area contributed by atoms with Crippen molar-refractivity contribution in [2.75, 3.05) is 0 Å². The highest BCUT2D eigenvalue weighted by Crippen LogP contribution is 2.37. The Hall–Kier alpha value is -1.08. The monoisotopic (exact) mass is 341 g/mol. The van der Waals surface area contributed by atoms with Gasteiger partial charge in [0.15, 0.2) is 10.3 Å². The molecular formula is C12H12Cl2F3N3O. The molecule has 1 aliphatic carbocycles. The second-order valence-electron chi connectivity index (χ2n) is 4.94. The number of carbonyl (C=O) groups excluding carboxylic acids is 1. The number of aromatic nitrogens is 2. The zero-order chi connectivity index (χ0) is 15.6. The first-order valence-electron chi connectivity index (χ1n) is 6.33. The summed E-state index contributed by atoms with van der Waals surface area (Å²) in [6.07, 6.45) is -3.59. The Bertz CT molecular complexity index is 531. The summed E-state index contributed by atoms with van der Waals surface area (Å²) in [5, 5.41) is 9.58. The van der Waals surface area contributed by atoms with Crippen LogP contribution >= 0.6 is 23.2 Å². The molecule has 0 radical (unpaired) electrons. The predicted octanol–water partition coefficient (Wildman–Crippen LogP) is 3.63. The van der Waals surface area contributed by atoms with Crippen LogP contribution in [0.3, 0.4) is 0 Å². The minimum atomic E-state index is -4.17. The van der Waals surface area contributed by atoms with Gasteiger partial charge in [-0.3, -0.25) is 4.79 Å². The van der Waals surface area contributed by atoms with Crippen molar-refractivity contribution in [3.63, 3.8) is 0 Å². The van der Waals surface area contributed by atoms with E-state index < -0.39 is 18.0 Å². The van der Waals surface area contributed by atoms with E-state index in [0.717, 1.165) is 0 Å². The predicted molar refractivity (Wildman–Crippen MR) is 71.3 cm³/mol. The second kappa shape index (κ2) is 6.36. The van der Waals surface area contributed by atoms with E-state index in [0.29, 0.717) is 0 Å². The minimum absolute atomic E-state index is 0.0114. The van der Waals surface area contributed by atoms with Crippen LogP contribution < -0.4 is 5.32 Å². The molecule has 4 nitrogen and oxygen atoms in total. The Balaban J connectivity index is 1.94. The van der Waals surface area contributed by atoms with Crippen molar-refractivity contribution in [3.8, 4) is 0 Å². The van der Waals surface area contributed by atoms with Crippen molar-refractivity contribution in [2.45, 2.75) is 37.9 Å². The molecule has 0 atom stereocenters. The lowest BCUT2D eigenvalue weighted by atomic mass is 9.85. The van der Waals surface area contributed by atoms with Crippen LogP contribution in [-0.4, -0.2) is 28.3 Å². The van der Waals surface area contributed by atoms with Gasteiger partial charge in [0.2, 0.25) is 0 Å². The van der Waals surface area contributed by atoms with Crippen molar-refractivity contribution in [1.29, 1.82) is 0 Å². The number of nitrogens with zero attached hydrogens (tertiary/aromatic N) is 2. The standard InChI is InChI=1S/C12H12Cl2F3N3O/c13-9-5-8(10(14)20-19-9)11(21)18-7-3-1-6(2-4-7)12(15,16)17/h5-7H,1-4H2,(H,18,21). The highest BCUT2D eigenvalue weighted by Gasteiger charge is 2.41. The molecule has 1 saturated carbocycles. The molecule has 1 fully saturated rings. The van der Waals surface area contributed by atoms with Crippen LogP contribution in [0.4, 0.5) is 13.2 Å². The van der Waals surface area contributed by atoms with Gasteiger partial charge < -0.3 is 5.32 Å². The quantitative estimate of drug-likeness (QED) is 0.893. The fourth-order valence-corrected chi connectivity index (χ4v) is 2.67. The lowest BCUT2D eigenvalue weighted by Crippen LogP contribution is -2.40. The smallest absolute Gasteiger partial charge is 0.349 e. The second-order valence-corrected chi connectivity index (χ2v) is 5.68. The summed E-state index contributed by atoms with van der Waals surface area (Å²) in [6.45, 7) is 0. The maximum atomic E-state index is 12.6. The van der Waals surface area contributed by atoms with Gasteiger partial charge in [0.25, 0.3) is 5.91 Å². The molecule has 1 aliphatic rings. The van der Waals surface area contributed by atoms with Crippen LogP contribution in [0.2, 0.25) is 10.3 Å². The summed E-state index contributed by atoms with van der Waals surface area (Å²) in [4.78, 5) is 12.0. The molecule has 0 saturated heterocycles. The van der Waals surface area contributed by atoms with E-state index in [1.54, 1.807) is 0 Å². The lowest BCUT2D eigenvalue weighted by Gasteiger charge is -2.30. The Kier molecular flexibility index (Phi) is 4.93. The number of hydrogen-bond acceptors (Lipinski definition) is 3. The van der Waals surface area contributed by atoms with Crippen molar-refractivity contribution in [2.24, 2.45) is 5.92 Å². The Morgan fingerprint density at radius 3 is 2.38 bits per heavy atom. The summed E-state index contributed by atoms with van der Waals surface area (Å²) >= 11 is 11.4. The van der Waals surface area contributed by atoms with Gasteiger partial charge in [0, 0.05) is 6.04 Å². The average Bonchev–Trinajstić information content (AvgIpc) is 2.41.